The molecule has 0 aromatic heterocycles. The summed E-state index contributed by atoms with van der Waals surface area (Å²) >= 11 is 0. The maximum atomic E-state index is 11.6. The molecule has 1 aliphatic heterocycles. The molecule has 0 spiro atoms. The van der Waals surface area contributed by atoms with Crippen molar-refractivity contribution in [3.63, 3.8) is 0 Å². The van der Waals surface area contributed by atoms with Crippen LogP contribution < -0.4 is 0 Å². The normalized spacial score (nSPS) is 45.7. The lowest BCUT2D eigenvalue weighted by Gasteiger charge is -2.37. The van der Waals surface area contributed by atoms with Crippen LogP contribution in [0.5, 0.6) is 0 Å². The Kier molecular flexibility index (Phi) is 2.42. The van der Waals surface area contributed by atoms with Crippen molar-refractivity contribution in [2.45, 2.75) is 45.8 Å². The highest BCUT2D eigenvalue weighted by Gasteiger charge is 2.73. The lowest BCUT2D eigenvalue weighted by atomic mass is 9.70. The Labute approximate surface area is 113 Å². The number of carbonyl (C=O) groups excluding carboxylic acids is 2. The summed E-state index contributed by atoms with van der Waals surface area (Å²) < 4.78 is 11.1. The molecule has 0 amide bonds. The number of esters is 2. The van der Waals surface area contributed by atoms with Crippen molar-refractivity contribution in [3.8, 4) is 0 Å². The van der Waals surface area contributed by atoms with Gasteiger partial charge in [0.15, 0.2) is 0 Å². The highest BCUT2D eigenvalue weighted by Crippen LogP contribution is 2.71. The molecular formula is C15H20O4. The molecular weight excluding hydrogens is 244 g/mol. The number of hydrogen-bond acceptors (Lipinski definition) is 4. The molecule has 1 saturated heterocycles. The first kappa shape index (κ1) is 12.7. The smallest absolute Gasteiger partial charge is 0.330 e. The zero-order valence-electron chi connectivity index (χ0n) is 11.6. The van der Waals surface area contributed by atoms with Crippen LogP contribution in [0.25, 0.3) is 0 Å². The Hall–Kier alpha value is -1.32. The van der Waals surface area contributed by atoms with Crippen molar-refractivity contribution in [1.82, 2.24) is 0 Å². The molecule has 1 heterocycles. The third-order valence-corrected chi connectivity index (χ3v) is 5.90. The van der Waals surface area contributed by atoms with Gasteiger partial charge in [-0.25, -0.2) is 4.79 Å². The van der Waals surface area contributed by atoms with Gasteiger partial charge in [-0.05, 0) is 11.8 Å². The van der Waals surface area contributed by atoms with E-state index in [0.717, 1.165) is 6.42 Å². The molecule has 5 atom stereocenters. The number of hydrogen-bond donors (Lipinski definition) is 0. The second-order valence-electron chi connectivity index (χ2n) is 6.83. The first-order chi connectivity index (χ1) is 8.81. The molecule has 2 aliphatic carbocycles. The molecule has 3 rings (SSSR count). The Balaban J connectivity index is 1.94. The predicted octanol–water partition coefficient (Wildman–Crippen LogP) is 2.08. The Morgan fingerprint density at radius 3 is 2.79 bits per heavy atom. The van der Waals surface area contributed by atoms with Crippen LogP contribution in [0, 0.1) is 22.7 Å². The van der Waals surface area contributed by atoms with Crippen molar-refractivity contribution >= 4 is 11.9 Å². The quantitative estimate of drug-likeness (QED) is 0.566. The standard InChI is InChI=1S/C15H20O4/c1-5-10(16)18-9-7-15(4)13-8(6-11(17)19-13)12(9)14(15,2)3/h5,8-9,12-13H,1,6-7H2,2-4H3. The van der Waals surface area contributed by atoms with Gasteiger partial charge in [-0.15, -0.1) is 0 Å². The van der Waals surface area contributed by atoms with Gasteiger partial charge >= 0.3 is 11.9 Å². The van der Waals surface area contributed by atoms with E-state index < -0.39 is 0 Å². The van der Waals surface area contributed by atoms with Gasteiger partial charge in [-0.2, -0.15) is 0 Å². The van der Waals surface area contributed by atoms with Crippen LogP contribution in [0.15, 0.2) is 12.7 Å². The molecule has 3 fully saturated rings. The molecule has 2 saturated carbocycles. The zero-order chi connectivity index (χ0) is 14.0. The maximum absolute atomic E-state index is 11.6. The lowest BCUT2D eigenvalue weighted by Crippen LogP contribution is -2.40. The molecule has 5 unspecified atom stereocenters. The second kappa shape index (κ2) is 3.62. The number of ether oxygens (including phenoxy) is 2. The van der Waals surface area contributed by atoms with E-state index in [4.69, 9.17) is 9.47 Å². The summed E-state index contributed by atoms with van der Waals surface area (Å²) in [5.41, 5.74) is -0.101. The van der Waals surface area contributed by atoms with E-state index in [1.807, 2.05) is 0 Å². The van der Waals surface area contributed by atoms with Gasteiger partial charge in [-0.1, -0.05) is 27.4 Å². The molecule has 3 aliphatic rings. The summed E-state index contributed by atoms with van der Waals surface area (Å²) in [5.74, 6) is -0.113. The van der Waals surface area contributed by atoms with Crippen molar-refractivity contribution < 1.29 is 19.1 Å². The summed E-state index contributed by atoms with van der Waals surface area (Å²) in [6, 6.07) is 0. The molecule has 4 heteroatoms. The van der Waals surface area contributed by atoms with Gasteiger partial charge in [0.1, 0.15) is 12.2 Å². The fraction of sp³-hybridized carbons (Fsp3) is 0.733. The summed E-state index contributed by atoms with van der Waals surface area (Å²) in [7, 11) is 0. The second-order valence-corrected chi connectivity index (χ2v) is 6.83. The fourth-order valence-corrected chi connectivity index (χ4v) is 4.75. The van der Waals surface area contributed by atoms with E-state index in [0.29, 0.717) is 6.42 Å². The zero-order valence-corrected chi connectivity index (χ0v) is 11.6. The predicted molar refractivity (Wildman–Crippen MR) is 68.1 cm³/mol. The molecule has 19 heavy (non-hydrogen) atoms. The average molecular weight is 264 g/mol. The molecule has 0 radical (unpaired) electrons. The van der Waals surface area contributed by atoms with Gasteiger partial charge in [0.05, 0.1) is 6.42 Å². The minimum Gasteiger partial charge on any atom is -0.461 e. The molecule has 0 aromatic rings. The largest absolute Gasteiger partial charge is 0.461 e. The van der Waals surface area contributed by atoms with Gasteiger partial charge in [0.25, 0.3) is 0 Å². The highest BCUT2D eigenvalue weighted by molar-refractivity contribution is 5.81. The van der Waals surface area contributed by atoms with E-state index in [9.17, 15) is 9.59 Å². The Morgan fingerprint density at radius 1 is 1.47 bits per heavy atom. The molecule has 0 aromatic carbocycles. The van der Waals surface area contributed by atoms with Crippen molar-refractivity contribution in [2.24, 2.45) is 22.7 Å². The van der Waals surface area contributed by atoms with Gasteiger partial charge in [-0.3, -0.25) is 4.79 Å². The Morgan fingerprint density at radius 2 is 2.16 bits per heavy atom. The molecule has 104 valence electrons. The fourth-order valence-electron chi connectivity index (χ4n) is 4.75. The molecule has 0 N–H and O–H groups in total. The van der Waals surface area contributed by atoms with E-state index in [-0.39, 0.29) is 46.8 Å². The van der Waals surface area contributed by atoms with E-state index in [1.54, 1.807) is 0 Å². The third kappa shape index (κ3) is 1.40. The van der Waals surface area contributed by atoms with Gasteiger partial charge in [0, 0.05) is 23.3 Å². The van der Waals surface area contributed by atoms with Crippen LogP contribution in [0.4, 0.5) is 0 Å². The van der Waals surface area contributed by atoms with Gasteiger partial charge < -0.3 is 9.47 Å². The van der Waals surface area contributed by atoms with E-state index in [2.05, 4.69) is 27.4 Å². The lowest BCUT2D eigenvalue weighted by molar-refractivity contribution is -0.153. The van der Waals surface area contributed by atoms with Crippen LogP contribution in [-0.4, -0.2) is 24.1 Å². The monoisotopic (exact) mass is 264 g/mol. The summed E-state index contributed by atoms with van der Waals surface area (Å²) in [6.07, 6.45) is 2.28. The first-order valence-electron chi connectivity index (χ1n) is 6.84. The molecule has 2 bridgehead atoms. The summed E-state index contributed by atoms with van der Waals surface area (Å²) in [4.78, 5) is 23.0. The average Bonchev–Trinajstić information content (AvgIpc) is 2.82. The van der Waals surface area contributed by atoms with Crippen molar-refractivity contribution in [2.75, 3.05) is 0 Å². The number of rotatable bonds is 2. The van der Waals surface area contributed by atoms with E-state index >= 15 is 0 Å². The minimum atomic E-state index is -0.376. The maximum Gasteiger partial charge on any atom is 0.330 e. The van der Waals surface area contributed by atoms with Crippen LogP contribution in [0.1, 0.15) is 33.6 Å². The molecule has 4 nitrogen and oxygen atoms in total. The van der Waals surface area contributed by atoms with Crippen LogP contribution in [0.2, 0.25) is 0 Å². The topological polar surface area (TPSA) is 52.6 Å². The first-order valence-corrected chi connectivity index (χ1v) is 6.84. The SMILES string of the molecule is C=CC(=O)OC1CC2(C)C3OC(=O)CC3C1C2(C)C. The summed E-state index contributed by atoms with van der Waals surface area (Å²) in [6.45, 7) is 10.0. The van der Waals surface area contributed by atoms with Crippen LogP contribution >= 0.6 is 0 Å². The van der Waals surface area contributed by atoms with Gasteiger partial charge in [0.2, 0.25) is 0 Å². The number of carbonyl (C=O) groups is 2. The summed E-state index contributed by atoms with van der Waals surface area (Å²) in [5, 5.41) is 0. The van der Waals surface area contributed by atoms with Crippen LogP contribution in [0.3, 0.4) is 0 Å². The minimum absolute atomic E-state index is 0.00908. The number of fused-ring (bicyclic) bond motifs is 5. The van der Waals surface area contributed by atoms with Crippen molar-refractivity contribution in [1.29, 1.82) is 0 Å². The van der Waals surface area contributed by atoms with Crippen LogP contribution in [-0.2, 0) is 19.1 Å². The Bertz CT molecular complexity index is 467. The van der Waals surface area contributed by atoms with Crippen molar-refractivity contribution in [3.05, 3.63) is 12.7 Å². The third-order valence-electron chi connectivity index (χ3n) is 5.90. The van der Waals surface area contributed by atoms with E-state index in [1.165, 1.54) is 6.08 Å². The highest BCUT2D eigenvalue weighted by atomic mass is 16.6.